The van der Waals surface area contributed by atoms with Crippen molar-refractivity contribution in [2.24, 2.45) is 11.5 Å². The fraction of sp³-hybridized carbons (Fsp3) is 0.500. The van der Waals surface area contributed by atoms with Crippen LogP contribution in [0.15, 0.2) is 24.3 Å². The highest BCUT2D eigenvalue weighted by Crippen LogP contribution is 2.12. The normalized spacial score (nSPS) is 13.5. The van der Waals surface area contributed by atoms with Crippen LogP contribution in [0.25, 0.3) is 0 Å². The molecule has 0 saturated carbocycles. The average Bonchev–Trinajstić information content (AvgIpc) is 2.77. The Hall–Kier alpha value is -2.83. The van der Waals surface area contributed by atoms with Crippen LogP contribution in [0.4, 0.5) is 0 Å². The van der Waals surface area contributed by atoms with Crippen molar-refractivity contribution in [1.82, 2.24) is 16.0 Å². The number of nitrogens with one attached hydrogen (secondary N) is 3. The van der Waals surface area contributed by atoms with Crippen molar-refractivity contribution in [3.63, 3.8) is 0 Å². The number of amides is 3. The predicted molar refractivity (Wildman–Crippen MR) is 121 cm³/mol. The van der Waals surface area contributed by atoms with Gasteiger partial charge >= 0.3 is 5.97 Å². The first-order valence-electron chi connectivity index (χ1n) is 10.1. The van der Waals surface area contributed by atoms with E-state index in [1.165, 1.54) is 12.1 Å². The molecule has 3 atom stereocenters. The Morgan fingerprint density at radius 1 is 0.906 bits per heavy atom. The third kappa shape index (κ3) is 9.54. The average molecular weight is 470 g/mol. The zero-order chi connectivity index (χ0) is 24.1. The van der Waals surface area contributed by atoms with Crippen molar-refractivity contribution in [2.75, 3.05) is 18.8 Å². The van der Waals surface area contributed by atoms with Crippen molar-refractivity contribution in [3.8, 4) is 5.75 Å². The fourth-order valence-electron chi connectivity index (χ4n) is 2.82. The lowest BCUT2D eigenvalue weighted by Gasteiger charge is -2.23. The number of aromatic hydroxyl groups is 1. The second-order valence-electron chi connectivity index (χ2n) is 7.12. The smallest absolute Gasteiger partial charge is 0.326 e. The van der Waals surface area contributed by atoms with Crippen molar-refractivity contribution < 1.29 is 29.4 Å². The third-order valence-electron chi connectivity index (χ3n) is 4.59. The molecule has 0 saturated heterocycles. The zero-order valence-electron chi connectivity index (χ0n) is 17.6. The number of hydrogen-bond acceptors (Lipinski definition) is 8. The quantitative estimate of drug-likeness (QED) is 0.119. The van der Waals surface area contributed by atoms with E-state index >= 15 is 0 Å². The topological polar surface area (TPSA) is 197 Å². The summed E-state index contributed by atoms with van der Waals surface area (Å²) in [6.45, 7) is 0.0749. The number of unbranched alkanes of at least 4 members (excludes halogenated alkanes) is 1. The van der Waals surface area contributed by atoms with Gasteiger partial charge in [0.25, 0.3) is 0 Å². The molecule has 1 aromatic rings. The number of phenolic OH excluding ortho intramolecular Hbond substituents is 1. The number of aliphatic carboxylic acids is 1. The van der Waals surface area contributed by atoms with Crippen LogP contribution in [0, 0.1) is 0 Å². The maximum Gasteiger partial charge on any atom is 0.326 e. The van der Waals surface area contributed by atoms with Gasteiger partial charge in [0.1, 0.15) is 23.9 Å². The molecule has 178 valence electrons. The molecule has 11 nitrogen and oxygen atoms in total. The number of carbonyl (C=O) groups is 4. The molecule has 12 heteroatoms. The summed E-state index contributed by atoms with van der Waals surface area (Å²) in [5, 5.41) is 26.1. The van der Waals surface area contributed by atoms with Crippen LogP contribution in [-0.2, 0) is 25.6 Å². The molecule has 0 heterocycles. The molecule has 0 bridgehead atoms. The summed E-state index contributed by atoms with van der Waals surface area (Å²) in [5.41, 5.74) is 11.4. The summed E-state index contributed by atoms with van der Waals surface area (Å²) in [4.78, 5) is 48.6. The molecule has 0 spiro atoms. The molecule has 0 aliphatic heterocycles. The van der Waals surface area contributed by atoms with Crippen LogP contribution in [-0.4, -0.2) is 70.9 Å². The molecule has 0 aliphatic rings. The van der Waals surface area contributed by atoms with Gasteiger partial charge in [-0.3, -0.25) is 14.4 Å². The lowest BCUT2D eigenvalue weighted by atomic mass is 10.0. The number of phenols is 1. The van der Waals surface area contributed by atoms with Crippen LogP contribution < -0.4 is 27.4 Å². The Kier molecular flexibility index (Phi) is 12.1. The molecule has 0 aliphatic carbocycles. The van der Waals surface area contributed by atoms with E-state index in [0.717, 1.165) is 0 Å². The molecule has 32 heavy (non-hydrogen) atoms. The number of nitrogens with two attached hydrogens (primary N) is 2. The standard InChI is InChI=1S/C20H31N5O6S/c21-8-2-1-3-14(20(30)31)24-19(29)16(11-32)25-18(28)15(23-17(27)10-22)9-12-4-6-13(26)7-5-12/h4-7,14-16,26,32H,1-3,8-11,21-22H2,(H,23,27)(H,24,29)(H,25,28)(H,30,31). The molecule has 1 aromatic carbocycles. The third-order valence-corrected chi connectivity index (χ3v) is 4.96. The Bertz CT molecular complexity index is 776. The highest BCUT2D eigenvalue weighted by atomic mass is 32.1. The lowest BCUT2D eigenvalue weighted by Crippen LogP contribution is -2.57. The van der Waals surface area contributed by atoms with Gasteiger partial charge in [0.2, 0.25) is 17.7 Å². The summed E-state index contributed by atoms with van der Waals surface area (Å²) in [6, 6.07) is 2.76. The summed E-state index contributed by atoms with van der Waals surface area (Å²) >= 11 is 4.08. The van der Waals surface area contributed by atoms with Crippen LogP contribution in [0.2, 0.25) is 0 Å². The van der Waals surface area contributed by atoms with E-state index in [1.807, 2.05) is 0 Å². The van der Waals surface area contributed by atoms with Crippen molar-refractivity contribution in [3.05, 3.63) is 29.8 Å². The summed E-state index contributed by atoms with van der Waals surface area (Å²) in [7, 11) is 0. The first-order valence-corrected chi connectivity index (χ1v) is 10.8. The number of benzene rings is 1. The van der Waals surface area contributed by atoms with Crippen molar-refractivity contribution >= 4 is 36.3 Å². The van der Waals surface area contributed by atoms with E-state index in [-0.39, 0.29) is 30.9 Å². The molecule has 0 radical (unpaired) electrons. The van der Waals surface area contributed by atoms with Crippen molar-refractivity contribution in [2.45, 2.75) is 43.8 Å². The highest BCUT2D eigenvalue weighted by Gasteiger charge is 2.28. The van der Waals surface area contributed by atoms with Gasteiger partial charge in [0.05, 0.1) is 6.54 Å². The highest BCUT2D eigenvalue weighted by molar-refractivity contribution is 7.80. The number of carboxylic acid groups (broad SMARTS) is 1. The summed E-state index contributed by atoms with van der Waals surface area (Å²) in [6.07, 6.45) is 1.41. The second-order valence-corrected chi connectivity index (χ2v) is 7.49. The van der Waals surface area contributed by atoms with Gasteiger partial charge in [0.15, 0.2) is 0 Å². The van der Waals surface area contributed by atoms with E-state index in [4.69, 9.17) is 11.5 Å². The predicted octanol–water partition coefficient (Wildman–Crippen LogP) is -1.51. The summed E-state index contributed by atoms with van der Waals surface area (Å²) in [5.74, 6) is -3.18. The molecule has 0 fully saturated rings. The Morgan fingerprint density at radius 2 is 1.50 bits per heavy atom. The molecule has 9 N–H and O–H groups in total. The number of hydrogen-bond donors (Lipinski definition) is 8. The minimum absolute atomic E-state index is 0.0481. The maximum atomic E-state index is 12.8. The van der Waals surface area contributed by atoms with Crippen LogP contribution in [0.3, 0.4) is 0 Å². The van der Waals surface area contributed by atoms with Crippen LogP contribution in [0.1, 0.15) is 24.8 Å². The van der Waals surface area contributed by atoms with Crippen molar-refractivity contribution in [1.29, 1.82) is 0 Å². The largest absolute Gasteiger partial charge is 0.508 e. The Balaban J connectivity index is 2.86. The molecular formula is C20H31N5O6S. The SMILES string of the molecule is NCCCCC(NC(=O)C(CS)NC(=O)C(Cc1ccc(O)cc1)NC(=O)CN)C(=O)O. The monoisotopic (exact) mass is 469 g/mol. The molecule has 0 aromatic heterocycles. The van der Waals surface area contributed by atoms with Gasteiger partial charge in [-0.2, -0.15) is 12.6 Å². The molecule has 3 amide bonds. The van der Waals surface area contributed by atoms with E-state index in [2.05, 4.69) is 28.6 Å². The number of rotatable bonds is 14. The van der Waals surface area contributed by atoms with Gasteiger partial charge in [-0.25, -0.2) is 4.79 Å². The molecular weight excluding hydrogens is 438 g/mol. The van der Waals surface area contributed by atoms with E-state index in [1.54, 1.807) is 12.1 Å². The Labute approximate surface area is 191 Å². The maximum absolute atomic E-state index is 12.8. The minimum Gasteiger partial charge on any atom is -0.508 e. The van der Waals surface area contributed by atoms with Gasteiger partial charge in [-0.1, -0.05) is 12.1 Å². The van der Waals surface area contributed by atoms with Crippen LogP contribution >= 0.6 is 12.6 Å². The number of thiol groups is 1. The number of carboxylic acids is 1. The number of carbonyl (C=O) groups excluding carboxylic acids is 3. The van der Waals surface area contributed by atoms with E-state index < -0.39 is 41.8 Å². The zero-order valence-corrected chi connectivity index (χ0v) is 18.5. The molecule has 3 unspecified atom stereocenters. The fourth-order valence-corrected chi connectivity index (χ4v) is 3.08. The first kappa shape index (κ1) is 27.2. The summed E-state index contributed by atoms with van der Waals surface area (Å²) < 4.78 is 0. The second kappa shape index (κ2) is 14.3. The lowest BCUT2D eigenvalue weighted by molar-refractivity contribution is -0.142. The first-order chi connectivity index (χ1) is 15.2. The van der Waals surface area contributed by atoms with Gasteiger partial charge in [-0.15, -0.1) is 0 Å². The van der Waals surface area contributed by atoms with Crippen LogP contribution in [0.5, 0.6) is 5.75 Å². The minimum atomic E-state index is -1.19. The van der Waals surface area contributed by atoms with Gasteiger partial charge < -0.3 is 37.6 Å². The van der Waals surface area contributed by atoms with Gasteiger partial charge in [-0.05, 0) is 43.5 Å². The van der Waals surface area contributed by atoms with E-state index in [0.29, 0.717) is 24.9 Å². The van der Waals surface area contributed by atoms with Gasteiger partial charge in [0, 0.05) is 12.2 Å². The van der Waals surface area contributed by atoms with E-state index in [9.17, 15) is 29.4 Å². The molecule has 1 rings (SSSR count). The Morgan fingerprint density at radius 3 is 2.03 bits per heavy atom.